The minimum Gasteiger partial charge on any atom is -0.474 e. The van der Waals surface area contributed by atoms with Gasteiger partial charge in [0.05, 0.1) is 11.4 Å². The van der Waals surface area contributed by atoms with Crippen LogP contribution in [0.1, 0.15) is 5.56 Å². The van der Waals surface area contributed by atoms with Crippen LogP contribution in [0.5, 0.6) is 5.88 Å². The molecule has 3 aromatic rings. The highest BCUT2D eigenvalue weighted by atomic mass is 32.2. The Kier molecular flexibility index (Phi) is 5.84. The van der Waals surface area contributed by atoms with Crippen molar-refractivity contribution < 1.29 is 17.9 Å². The Morgan fingerprint density at radius 3 is 2.61 bits per heavy atom. The van der Waals surface area contributed by atoms with E-state index in [1.54, 1.807) is 24.3 Å². The molecule has 3 heterocycles. The Labute approximate surface area is 184 Å². The first kappa shape index (κ1) is 21.9. The van der Waals surface area contributed by atoms with Crippen molar-refractivity contribution in [2.45, 2.75) is 44.2 Å². The van der Waals surface area contributed by atoms with E-state index >= 15 is 0 Å². The van der Waals surface area contributed by atoms with Crippen LogP contribution >= 0.6 is 0 Å². The minimum atomic E-state index is -3.70. The lowest BCUT2D eigenvalue weighted by Crippen LogP contribution is -2.38. The topological polar surface area (TPSA) is 73.7 Å². The molecule has 0 radical (unpaired) electrons. The second-order valence-corrected chi connectivity index (χ2v) is 16.6. The maximum atomic E-state index is 13.3. The molecule has 0 saturated heterocycles. The van der Waals surface area contributed by atoms with Crippen LogP contribution < -0.4 is 9.04 Å². The molecule has 9 heteroatoms. The van der Waals surface area contributed by atoms with Crippen molar-refractivity contribution in [1.82, 2.24) is 9.55 Å². The van der Waals surface area contributed by atoms with Crippen molar-refractivity contribution in [3.05, 3.63) is 48.2 Å². The third kappa shape index (κ3) is 4.63. The molecule has 0 N–H and O–H groups in total. The molecular weight excluding hydrogens is 430 g/mol. The molecule has 0 saturated carbocycles. The zero-order chi connectivity index (χ0) is 22.2. The number of sulfonamides is 1. The number of aromatic nitrogens is 2. The van der Waals surface area contributed by atoms with Crippen LogP contribution in [0.4, 0.5) is 5.69 Å². The highest BCUT2D eigenvalue weighted by molar-refractivity contribution is 7.92. The highest BCUT2D eigenvalue weighted by Gasteiger charge is 2.31. The number of anilines is 1. The fourth-order valence-corrected chi connectivity index (χ4v) is 5.64. The Balaban J connectivity index is 1.61. The van der Waals surface area contributed by atoms with E-state index in [1.807, 2.05) is 29.8 Å². The molecule has 1 aromatic carbocycles. The summed E-state index contributed by atoms with van der Waals surface area (Å²) in [4.78, 5) is 4.90. The van der Waals surface area contributed by atoms with Gasteiger partial charge < -0.3 is 14.0 Å². The van der Waals surface area contributed by atoms with Gasteiger partial charge in [0.15, 0.2) is 0 Å². The molecule has 0 bridgehead atoms. The van der Waals surface area contributed by atoms with Crippen molar-refractivity contribution in [3.63, 3.8) is 0 Å². The molecule has 7 nitrogen and oxygen atoms in total. The van der Waals surface area contributed by atoms with Gasteiger partial charge in [-0.25, -0.2) is 8.42 Å². The van der Waals surface area contributed by atoms with Gasteiger partial charge in [-0.15, -0.1) is 0 Å². The van der Waals surface area contributed by atoms with E-state index in [4.69, 9.17) is 9.47 Å². The largest absolute Gasteiger partial charge is 0.474 e. The van der Waals surface area contributed by atoms with Gasteiger partial charge >= 0.3 is 0 Å². The van der Waals surface area contributed by atoms with Gasteiger partial charge in [-0.2, -0.15) is 4.98 Å². The molecule has 4 rings (SSSR count). The van der Waals surface area contributed by atoms with Gasteiger partial charge in [-0.1, -0.05) is 37.3 Å². The Morgan fingerprint density at radius 2 is 1.90 bits per heavy atom. The Hall–Kier alpha value is -2.36. The van der Waals surface area contributed by atoms with Crippen LogP contribution in [0.3, 0.4) is 0 Å². The zero-order valence-corrected chi connectivity index (χ0v) is 20.3. The van der Waals surface area contributed by atoms with Crippen LogP contribution in [0.15, 0.2) is 47.5 Å². The minimum absolute atomic E-state index is 0.247. The molecule has 2 aromatic heterocycles. The monoisotopic (exact) mass is 459 g/mol. The Morgan fingerprint density at radius 1 is 1.16 bits per heavy atom. The van der Waals surface area contributed by atoms with Crippen molar-refractivity contribution in [2.24, 2.45) is 0 Å². The maximum Gasteiger partial charge on any atom is 0.264 e. The molecule has 166 valence electrons. The molecule has 31 heavy (non-hydrogen) atoms. The number of hydrogen-bond donors (Lipinski definition) is 0. The second-order valence-electron chi connectivity index (χ2n) is 9.10. The lowest BCUT2D eigenvalue weighted by Gasteiger charge is -2.29. The maximum absolute atomic E-state index is 13.3. The lowest BCUT2D eigenvalue weighted by molar-refractivity contribution is 0.0898. The van der Waals surface area contributed by atoms with Crippen molar-refractivity contribution in [3.8, 4) is 5.88 Å². The Bertz CT molecular complexity index is 1180. The van der Waals surface area contributed by atoms with Gasteiger partial charge in [0, 0.05) is 26.3 Å². The molecule has 0 atom stereocenters. The van der Waals surface area contributed by atoms with E-state index in [1.165, 1.54) is 4.31 Å². The summed E-state index contributed by atoms with van der Waals surface area (Å²) in [5, 5.41) is 0.849. The average Bonchev–Trinajstić information content (AvgIpc) is 3.10. The fourth-order valence-electron chi connectivity index (χ4n) is 3.45. The van der Waals surface area contributed by atoms with E-state index in [0.717, 1.165) is 29.2 Å². The summed E-state index contributed by atoms with van der Waals surface area (Å²) >= 11 is 0. The first-order chi connectivity index (χ1) is 14.6. The second kappa shape index (κ2) is 8.29. The summed E-state index contributed by atoms with van der Waals surface area (Å²) < 4.78 is 41.5. The third-order valence-electron chi connectivity index (χ3n) is 5.32. The molecule has 1 aliphatic rings. The predicted molar refractivity (Wildman–Crippen MR) is 125 cm³/mol. The third-order valence-corrected chi connectivity index (χ3v) is 8.85. The van der Waals surface area contributed by atoms with E-state index in [9.17, 15) is 8.42 Å². The SMILES string of the molecule is Cc1ccc(S(=O)(=O)N2CCOc3nc4c(ccn4COCC[Si](C)(C)C)cc32)cc1. The first-order valence-corrected chi connectivity index (χ1v) is 15.6. The molecular formula is C22H29N3O4SSi. The molecule has 0 fully saturated rings. The smallest absolute Gasteiger partial charge is 0.264 e. The fraction of sp³-hybridized carbons (Fsp3) is 0.409. The van der Waals surface area contributed by atoms with Crippen molar-refractivity contribution in [1.29, 1.82) is 0 Å². The zero-order valence-electron chi connectivity index (χ0n) is 18.5. The quantitative estimate of drug-likeness (QED) is 0.390. The molecule has 1 aliphatic heterocycles. The number of benzene rings is 1. The van der Waals surface area contributed by atoms with E-state index in [-0.39, 0.29) is 18.0 Å². The lowest BCUT2D eigenvalue weighted by atomic mass is 10.2. The summed E-state index contributed by atoms with van der Waals surface area (Å²) in [6, 6.07) is 11.7. The number of fused-ring (bicyclic) bond motifs is 2. The van der Waals surface area contributed by atoms with Crippen LogP contribution in [-0.2, 0) is 21.5 Å². The first-order valence-electron chi connectivity index (χ1n) is 10.4. The van der Waals surface area contributed by atoms with Crippen LogP contribution in [-0.4, -0.2) is 45.8 Å². The standard InChI is InChI=1S/C22H29N3O4SSi/c1-17-5-7-19(8-6-17)30(26,27)25-11-12-29-22-20(25)15-18-9-10-24(21(18)23-22)16-28-13-14-31(2,3)4/h5-10,15H,11-14,16H2,1-4H3. The van der Waals surface area contributed by atoms with Crippen LogP contribution in [0.2, 0.25) is 25.7 Å². The normalized spacial score (nSPS) is 14.5. The highest BCUT2D eigenvalue weighted by Crippen LogP contribution is 2.36. The average molecular weight is 460 g/mol. The summed E-state index contributed by atoms with van der Waals surface area (Å²) in [5.74, 6) is 0.330. The van der Waals surface area contributed by atoms with Gasteiger partial charge in [0.1, 0.15) is 24.7 Å². The molecule has 0 spiro atoms. The van der Waals surface area contributed by atoms with E-state index in [2.05, 4.69) is 24.6 Å². The van der Waals surface area contributed by atoms with Crippen LogP contribution in [0, 0.1) is 6.92 Å². The summed E-state index contributed by atoms with van der Waals surface area (Å²) in [6.45, 7) is 10.5. The number of ether oxygens (including phenoxy) is 2. The van der Waals surface area contributed by atoms with Gasteiger partial charge in [-0.05, 0) is 37.2 Å². The number of hydrogen-bond acceptors (Lipinski definition) is 5. The number of pyridine rings is 1. The summed E-state index contributed by atoms with van der Waals surface area (Å²) in [5.41, 5.74) is 2.20. The summed E-state index contributed by atoms with van der Waals surface area (Å²) in [7, 11) is -4.84. The van der Waals surface area contributed by atoms with Gasteiger partial charge in [0.2, 0.25) is 5.88 Å². The van der Waals surface area contributed by atoms with Crippen molar-refractivity contribution in [2.75, 3.05) is 24.1 Å². The molecule has 0 amide bonds. The number of aryl methyl sites for hydroxylation is 1. The van der Waals surface area contributed by atoms with Crippen molar-refractivity contribution >= 4 is 34.8 Å². The van der Waals surface area contributed by atoms with E-state index < -0.39 is 18.1 Å². The van der Waals surface area contributed by atoms with E-state index in [0.29, 0.717) is 18.3 Å². The molecule has 0 aliphatic carbocycles. The number of rotatable bonds is 7. The van der Waals surface area contributed by atoms with Gasteiger partial charge in [0.25, 0.3) is 10.0 Å². The van der Waals surface area contributed by atoms with Gasteiger partial charge in [-0.3, -0.25) is 4.31 Å². The number of nitrogens with zero attached hydrogens (tertiary/aromatic N) is 3. The summed E-state index contributed by atoms with van der Waals surface area (Å²) in [6.07, 6.45) is 1.91. The predicted octanol–water partition coefficient (Wildman–Crippen LogP) is 4.24. The van der Waals surface area contributed by atoms with Crippen LogP contribution in [0.25, 0.3) is 11.0 Å². The molecule has 0 unspecified atom stereocenters.